The van der Waals surface area contributed by atoms with Crippen molar-refractivity contribution in [3.8, 4) is 0 Å². The fourth-order valence-electron chi connectivity index (χ4n) is 2.61. The SMILES string of the molecule is CN(C(=O)CCCCc1ccc(I)cc1)C1CCNC1. The smallest absolute Gasteiger partial charge is 0.222 e. The monoisotopic (exact) mass is 386 g/mol. The third-order valence-corrected chi connectivity index (χ3v) is 4.71. The zero-order chi connectivity index (χ0) is 14.4. The number of hydrogen-bond donors (Lipinski definition) is 1. The summed E-state index contributed by atoms with van der Waals surface area (Å²) in [6.45, 7) is 1.99. The quantitative estimate of drug-likeness (QED) is 0.603. The number of benzene rings is 1. The van der Waals surface area contributed by atoms with Crippen molar-refractivity contribution >= 4 is 28.5 Å². The summed E-state index contributed by atoms with van der Waals surface area (Å²) in [5.74, 6) is 0.293. The van der Waals surface area contributed by atoms with Gasteiger partial charge in [0.1, 0.15) is 0 Å². The van der Waals surface area contributed by atoms with E-state index in [1.54, 1.807) is 0 Å². The van der Waals surface area contributed by atoms with Gasteiger partial charge in [-0.15, -0.1) is 0 Å². The molecule has 0 aromatic heterocycles. The first-order chi connectivity index (χ1) is 9.66. The summed E-state index contributed by atoms with van der Waals surface area (Å²) in [6.07, 6.45) is 4.90. The molecule has 0 bridgehead atoms. The molecule has 110 valence electrons. The third kappa shape index (κ3) is 4.74. The highest BCUT2D eigenvalue weighted by molar-refractivity contribution is 14.1. The van der Waals surface area contributed by atoms with E-state index >= 15 is 0 Å². The molecular formula is C16H23IN2O. The van der Waals surface area contributed by atoms with Crippen molar-refractivity contribution in [2.75, 3.05) is 20.1 Å². The predicted octanol–water partition coefficient (Wildman–Crippen LogP) is 2.82. The second kappa shape index (κ2) is 7.98. The van der Waals surface area contributed by atoms with Crippen LogP contribution in [0.2, 0.25) is 0 Å². The average Bonchev–Trinajstić information content (AvgIpc) is 2.98. The van der Waals surface area contributed by atoms with E-state index in [2.05, 4.69) is 52.2 Å². The number of carbonyl (C=O) groups is 1. The van der Waals surface area contributed by atoms with Gasteiger partial charge in [-0.25, -0.2) is 0 Å². The minimum absolute atomic E-state index is 0.293. The number of nitrogens with zero attached hydrogens (tertiary/aromatic N) is 1. The van der Waals surface area contributed by atoms with Gasteiger partial charge in [0.05, 0.1) is 0 Å². The molecule has 1 aliphatic heterocycles. The van der Waals surface area contributed by atoms with E-state index in [4.69, 9.17) is 0 Å². The fourth-order valence-corrected chi connectivity index (χ4v) is 2.97. The van der Waals surface area contributed by atoms with E-state index in [-0.39, 0.29) is 0 Å². The van der Waals surface area contributed by atoms with Crippen molar-refractivity contribution in [2.24, 2.45) is 0 Å². The maximum atomic E-state index is 12.1. The summed E-state index contributed by atoms with van der Waals surface area (Å²) in [4.78, 5) is 14.0. The number of carbonyl (C=O) groups excluding carboxylic acids is 1. The number of amides is 1. The summed E-state index contributed by atoms with van der Waals surface area (Å²) in [7, 11) is 1.94. The molecule has 0 spiro atoms. The van der Waals surface area contributed by atoms with Gasteiger partial charge >= 0.3 is 0 Å². The largest absolute Gasteiger partial charge is 0.341 e. The number of hydrogen-bond acceptors (Lipinski definition) is 2. The molecule has 1 saturated heterocycles. The molecule has 1 N–H and O–H groups in total. The van der Waals surface area contributed by atoms with E-state index in [1.165, 1.54) is 9.13 Å². The second-order valence-electron chi connectivity index (χ2n) is 5.48. The van der Waals surface area contributed by atoms with E-state index in [9.17, 15) is 4.79 Å². The van der Waals surface area contributed by atoms with Gasteiger partial charge < -0.3 is 10.2 Å². The van der Waals surface area contributed by atoms with Crippen LogP contribution in [0, 0.1) is 3.57 Å². The highest BCUT2D eigenvalue weighted by atomic mass is 127. The van der Waals surface area contributed by atoms with Gasteiger partial charge in [-0.05, 0) is 72.5 Å². The lowest BCUT2D eigenvalue weighted by atomic mass is 10.1. The molecule has 1 aromatic rings. The van der Waals surface area contributed by atoms with E-state index in [0.717, 1.165) is 38.8 Å². The predicted molar refractivity (Wildman–Crippen MR) is 90.8 cm³/mol. The van der Waals surface area contributed by atoms with Crippen molar-refractivity contribution in [1.82, 2.24) is 10.2 Å². The molecule has 1 amide bonds. The lowest BCUT2D eigenvalue weighted by Gasteiger charge is -2.23. The molecule has 4 heteroatoms. The molecule has 1 heterocycles. The van der Waals surface area contributed by atoms with Crippen LogP contribution in [0.25, 0.3) is 0 Å². The van der Waals surface area contributed by atoms with E-state index in [1.807, 2.05) is 11.9 Å². The van der Waals surface area contributed by atoms with Crippen LogP contribution in [-0.2, 0) is 11.2 Å². The Labute approximate surface area is 135 Å². The van der Waals surface area contributed by atoms with E-state index < -0.39 is 0 Å². The van der Waals surface area contributed by atoms with Crippen LogP contribution >= 0.6 is 22.6 Å². The van der Waals surface area contributed by atoms with E-state index in [0.29, 0.717) is 18.4 Å². The van der Waals surface area contributed by atoms with Crippen LogP contribution in [0.5, 0.6) is 0 Å². The van der Waals surface area contributed by atoms with Crippen molar-refractivity contribution in [3.63, 3.8) is 0 Å². The standard InChI is InChI=1S/C16H23IN2O/c1-19(15-10-11-18-12-15)16(20)5-3-2-4-13-6-8-14(17)9-7-13/h6-9,15,18H,2-5,10-12H2,1H3. The summed E-state index contributed by atoms with van der Waals surface area (Å²) in [5.41, 5.74) is 1.37. The van der Waals surface area contributed by atoms with Gasteiger partial charge in [-0.1, -0.05) is 12.1 Å². The van der Waals surface area contributed by atoms with Gasteiger partial charge in [0.25, 0.3) is 0 Å². The number of aryl methyl sites for hydroxylation is 1. The van der Waals surface area contributed by atoms with Crippen LogP contribution in [0.3, 0.4) is 0 Å². The molecule has 1 atom stereocenters. The molecule has 0 saturated carbocycles. The molecule has 2 rings (SSSR count). The van der Waals surface area contributed by atoms with Crippen molar-refractivity contribution in [2.45, 2.75) is 38.1 Å². The maximum Gasteiger partial charge on any atom is 0.222 e. The van der Waals surface area contributed by atoms with Gasteiger partial charge in [-0.3, -0.25) is 4.79 Å². The molecule has 3 nitrogen and oxygen atoms in total. The van der Waals surface area contributed by atoms with Gasteiger partial charge in [0.2, 0.25) is 5.91 Å². The third-order valence-electron chi connectivity index (χ3n) is 3.99. The average molecular weight is 386 g/mol. The molecule has 1 unspecified atom stereocenters. The first-order valence-electron chi connectivity index (χ1n) is 7.37. The number of likely N-dealkylation sites (N-methyl/N-ethyl adjacent to an activating group) is 1. The summed E-state index contributed by atoms with van der Waals surface area (Å²) in [6, 6.07) is 9.04. The highest BCUT2D eigenvalue weighted by Crippen LogP contribution is 2.12. The van der Waals surface area contributed by atoms with Crippen LogP contribution < -0.4 is 5.32 Å². The van der Waals surface area contributed by atoms with Gasteiger partial charge in [-0.2, -0.15) is 0 Å². The highest BCUT2D eigenvalue weighted by Gasteiger charge is 2.22. The lowest BCUT2D eigenvalue weighted by Crippen LogP contribution is -2.38. The van der Waals surface area contributed by atoms with Gasteiger partial charge in [0, 0.05) is 29.6 Å². The fraction of sp³-hybridized carbons (Fsp3) is 0.562. The van der Waals surface area contributed by atoms with Crippen LogP contribution in [0.1, 0.15) is 31.2 Å². The zero-order valence-electron chi connectivity index (χ0n) is 12.1. The van der Waals surface area contributed by atoms with Crippen molar-refractivity contribution in [1.29, 1.82) is 0 Å². The molecule has 1 aromatic carbocycles. The minimum atomic E-state index is 0.293. The molecular weight excluding hydrogens is 363 g/mol. The Hall–Kier alpha value is -0.620. The Kier molecular flexibility index (Phi) is 6.29. The second-order valence-corrected chi connectivity index (χ2v) is 6.73. The Balaban J connectivity index is 1.65. The Bertz CT molecular complexity index is 427. The molecule has 1 aliphatic rings. The van der Waals surface area contributed by atoms with Gasteiger partial charge in [0.15, 0.2) is 0 Å². The summed E-state index contributed by atoms with van der Waals surface area (Å²) < 4.78 is 1.27. The van der Waals surface area contributed by atoms with Crippen LogP contribution in [0.4, 0.5) is 0 Å². The first-order valence-corrected chi connectivity index (χ1v) is 8.45. The summed E-state index contributed by atoms with van der Waals surface area (Å²) in [5, 5.41) is 3.31. The normalized spacial score (nSPS) is 18.2. The van der Waals surface area contributed by atoms with Crippen molar-refractivity contribution < 1.29 is 4.79 Å². The minimum Gasteiger partial charge on any atom is -0.341 e. The summed E-state index contributed by atoms with van der Waals surface area (Å²) >= 11 is 2.32. The first kappa shape index (κ1) is 15.8. The Morgan fingerprint density at radius 2 is 2.10 bits per heavy atom. The van der Waals surface area contributed by atoms with Crippen molar-refractivity contribution in [3.05, 3.63) is 33.4 Å². The number of rotatable bonds is 6. The molecule has 20 heavy (non-hydrogen) atoms. The van der Waals surface area contributed by atoms with Crippen LogP contribution in [0.15, 0.2) is 24.3 Å². The molecule has 0 radical (unpaired) electrons. The topological polar surface area (TPSA) is 32.3 Å². The maximum absolute atomic E-state index is 12.1. The lowest BCUT2D eigenvalue weighted by molar-refractivity contribution is -0.131. The Morgan fingerprint density at radius 1 is 1.35 bits per heavy atom. The molecule has 0 aliphatic carbocycles. The number of unbranched alkanes of at least 4 members (excludes halogenated alkanes) is 1. The number of nitrogens with one attached hydrogen (secondary N) is 1. The van der Waals surface area contributed by atoms with Crippen LogP contribution in [-0.4, -0.2) is 37.0 Å². The Morgan fingerprint density at radius 3 is 2.75 bits per heavy atom. The zero-order valence-corrected chi connectivity index (χ0v) is 14.2. The molecule has 1 fully saturated rings. The number of halogens is 1.